The van der Waals surface area contributed by atoms with Crippen LogP contribution in [0, 0.1) is 0 Å². The molecular weight excluding hydrogens is 388 g/mol. The summed E-state index contributed by atoms with van der Waals surface area (Å²) < 4.78 is 11.3. The Kier molecular flexibility index (Phi) is 10.6. The van der Waals surface area contributed by atoms with Crippen molar-refractivity contribution in [3.8, 4) is 0 Å². The molecule has 0 spiro atoms. The predicted octanol–water partition coefficient (Wildman–Crippen LogP) is 3.70. The van der Waals surface area contributed by atoms with Crippen LogP contribution in [-0.4, -0.2) is 63.5 Å². The first kappa shape index (κ1) is 24.0. The van der Waals surface area contributed by atoms with E-state index in [1.54, 1.807) is 0 Å². The molecule has 1 saturated heterocycles. The molecule has 1 atom stereocenters. The molecule has 1 aliphatic heterocycles. The highest BCUT2D eigenvalue weighted by atomic mass is 16.5. The number of hydrogen-bond acceptors (Lipinski definition) is 4. The van der Waals surface area contributed by atoms with Gasteiger partial charge in [-0.15, -0.1) is 0 Å². The fourth-order valence-electron chi connectivity index (χ4n) is 4.57. The average Bonchev–Trinajstić information content (AvgIpc) is 3.33. The van der Waals surface area contributed by atoms with Gasteiger partial charge in [0, 0.05) is 45.9 Å². The molecule has 3 rings (SSSR count). The van der Waals surface area contributed by atoms with Gasteiger partial charge in [-0.05, 0) is 50.3 Å². The van der Waals surface area contributed by atoms with Gasteiger partial charge in [0.15, 0.2) is 5.96 Å². The van der Waals surface area contributed by atoms with Gasteiger partial charge in [-0.25, -0.2) is 0 Å². The van der Waals surface area contributed by atoms with Gasteiger partial charge < -0.3 is 20.1 Å². The van der Waals surface area contributed by atoms with E-state index in [1.165, 1.54) is 43.2 Å². The van der Waals surface area contributed by atoms with Crippen molar-refractivity contribution in [2.75, 3.05) is 40.5 Å². The molecule has 1 saturated carbocycles. The van der Waals surface area contributed by atoms with Gasteiger partial charge in [0.05, 0.1) is 12.7 Å². The largest absolute Gasteiger partial charge is 0.379 e. The van der Waals surface area contributed by atoms with Crippen LogP contribution in [0.3, 0.4) is 0 Å². The fourth-order valence-corrected chi connectivity index (χ4v) is 4.57. The van der Waals surface area contributed by atoms with E-state index < -0.39 is 0 Å². The Balaban J connectivity index is 1.36. The van der Waals surface area contributed by atoms with Crippen molar-refractivity contribution in [3.05, 3.63) is 35.4 Å². The summed E-state index contributed by atoms with van der Waals surface area (Å²) in [6, 6.07) is 9.49. The minimum atomic E-state index is 0.305. The van der Waals surface area contributed by atoms with Gasteiger partial charge in [-0.2, -0.15) is 0 Å². The first-order valence-corrected chi connectivity index (χ1v) is 12.2. The van der Waals surface area contributed by atoms with Crippen LogP contribution in [0.25, 0.3) is 0 Å². The van der Waals surface area contributed by atoms with Crippen molar-refractivity contribution in [1.29, 1.82) is 0 Å². The lowest BCUT2D eigenvalue weighted by Crippen LogP contribution is -2.38. The molecule has 2 N–H and O–H groups in total. The van der Waals surface area contributed by atoms with E-state index in [0.717, 1.165) is 70.7 Å². The molecule has 31 heavy (non-hydrogen) atoms. The lowest BCUT2D eigenvalue weighted by atomic mass is 9.94. The summed E-state index contributed by atoms with van der Waals surface area (Å²) in [4.78, 5) is 6.91. The molecule has 1 unspecified atom stereocenters. The van der Waals surface area contributed by atoms with E-state index in [-0.39, 0.29) is 0 Å². The van der Waals surface area contributed by atoms with Crippen LogP contribution in [0.15, 0.2) is 29.3 Å². The van der Waals surface area contributed by atoms with E-state index >= 15 is 0 Å². The Morgan fingerprint density at radius 1 is 1.10 bits per heavy atom. The van der Waals surface area contributed by atoms with Crippen LogP contribution in [0.4, 0.5) is 0 Å². The summed E-state index contributed by atoms with van der Waals surface area (Å²) in [7, 11) is 4.10. The molecule has 2 aliphatic rings. The molecule has 1 heterocycles. The Morgan fingerprint density at radius 2 is 1.90 bits per heavy atom. The van der Waals surface area contributed by atoms with E-state index in [2.05, 4.69) is 51.8 Å². The number of nitrogens with one attached hydrogen (secondary N) is 2. The van der Waals surface area contributed by atoms with E-state index in [0.29, 0.717) is 6.10 Å². The van der Waals surface area contributed by atoms with Crippen LogP contribution < -0.4 is 10.6 Å². The summed E-state index contributed by atoms with van der Waals surface area (Å²) >= 11 is 0. The van der Waals surface area contributed by atoms with Gasteiger partial charge in [-0.3, -0.25) is 9.89 Å². The predicted molar refractivity (Wildman–Crippen MR) is 127 cm³/mol. The molecule has 6 nitrogen and oxygen atoms in total. The third-order valence-corrected chi connectivity index (χ3v) is 6.49. The van der Waals surface area contributed by atoms with Crippen molar-refractivity contribution in [3.63, 3.8) is 0 Å². The standard InChI is InChI=1S/C25H42N4O2/c1-26-25(27-15-9-16-30-20-24-14-8-17-31-24)28-18-21-10-6-7-11-22(21)19-29(2)23-12-4-3-5-13-23/h6-7,10-11,23-24H,3-5,8-9,12-20H2,1-2H3,(H2,26,27,28). The van der Waals surface area contributed by atoms with Crippen molar-refractivity contribution in [2.45, 2.75) is 76.6 Å². The molecular formula is C25H42N4O2. The zero-order valence-electron chi connectivity index (χ0n) is 19.6. The minimum absolute atomic E-state index is 0.305. The van der Waals surface area contributed by atoms with Crippen LogP contribution in [0.5, 0.6) is 0 Å². The van der Waals surface area contributed by atoms with Crippen molar-refractivity contribution >= 4 is 5.96 Å². The zero-order valence-corrected chi connectivity index (χ0v) is 19.6. The smallest absolute Gasteiger partial charge is 0.191 e. The van der Waals surface area contributed by atoms with Gasteiger partial charge in [0.25, 0.3) is 0 Å². The van der Waals surface area contributed by atoms with E-state index in [4.69, 9.17) is 9.47 Å². The maximum absolute atomic E-state index is 5.74. The number of nitrogens with zero attached hydrogens (tertiary/aromatic N) is 2. The molecule has 0 amide bonds. The maximum atomic E-state index is 5.74. The third-order valence-electron chi connectivity index (χ3n) is 6.49. The van der Waals surface area contributed by atoms with Crippen LogP contribution in [0.2, 0.25) is 0 Å². The van der Waals surface area contributed by atoms with Gasteiger partial charge in [-0.1, -0.05) is 43.5 Å². The summed E-state index contributed by atoms with van der Waals surface area (Å²) in [5.41, 5.74) is 2.74. The number of benzene rings is 1. The van der Waals surface area contributed by atoms with Gasteiger partial charge >= 0.3 is 0 Å². The molecule has 1 aromatic rings. The fraction of sp³-hybridized carbons (Fsp3) is 0.720. The lowest BCUT2D eigenvalue weighted by molar-refractivity contribution is 0.0168. The monoisotopic (exact) mass is 430 g/mol. The molecule has 0 aromatic heterocycles. The lowest BCUT2D eigenvalue weighted by Gasteiger charge is -2.31. The molecule has 0 bridgehead atoms. The highest BCUT2D eigenvalue weighted by Gasteiger charge is 2.19. The number of hydrogen-bond donors (Lipinski definition) is 2. The molecule has 1 aliphatic carbocycles. The highest BCUT2D eigenvalue weighted by molar-refractivity contribution is 5.79. The second-order valence-corrected chi connectivity index (χ2v) is 8.89. The van der Waals surface area contributed by atoms with E-state index in [9.17, 15) is 0 Å². The number of rotatable bonds is 11. The Labute approximate surface area is 188 Å². The van der Waals surface area contributed by atoms with Crippen LogP contribution in [-0.2, 0) is 22.6 Å². The van der Waals surface area contributed by atoms with Gasteiger partial charge in [0.1, 0.15) is 0 Å². The Morgan fingerprint density at radius 3 is 2.65 bits per heavy atom. The topological polar surface area (TPSA) is 58.1 Å². The molecule has 174 valence electrons. The number of aliphatic imine (C=N–C) groups is 1. The Bertz CT molecular complexity index is 655. The number of guanidine groups is 1. The third kappa shape index (κ3) is 8.43. The zero-order chi connectivity index (χ0) is 21.7. The molecule has 2 fully saturated rings. The second-order valence-electron chi connectivity index (χ2n) is 8.89. The summed E-state index contributed by atoms with van der Waals surface area (Å²) in [6.45, 7) is 4.99. The summed E-state index contributed by atoms with van der Waals surface area (Å²) in [6.07, 6.45) is 10.4. The summed E-state index contributed by atoms with van der Waals surface area (Å²) in [5, 5.41) is 6.87. The van der Waals surface area contributed by atoms with Crippen LogP contribution in [0.1, 0.15) is 62.5 Å². The quantitative estimate of drug-likeness (QED) is 0.318. The van der Waals surface area contributed by atoms with E-state index in [1.807, 2.05) is 7.05 Å². The van der Waals surface area contributed by atoms with Crippen molar-refractivity contribution in [1.82, 2.24) is 15.5 Å². The molecule has 1 aromatic carbocycles. The first-order chi connectivity index (χ1) is 15.3. The van der Waals surface area contributed by atoms with Crippen molar-refractivity contribution < 1.29 is 9.47 Å². The number of ether oxygens (including phenoxy) is 2. The van der Waals surface area contributed by atoms with Crippen LogP contribution >= 0.6 is 0 Å². The second kappa shape index (κ2) is 13.7. The maximum Gasteiger partial charge on any atom is 0.191 e. The normalized spacial score (nSPS) is 20.4. The SMILES string of the molecule is CN=C(NCCCOCC1CCCO1)NCc1ccccc1CN(C)C1CCCCC1. The first-order valence-electron chi connectivity index (χ1n) is 12.2. The Hall–Kier alpha value is -1.63. The molecule has 0 radical (unpaired) electrons. The minimum Gasteiger partial charge on any atom is -0.379 e. The highest BCUT2D eigenvalue weighted by Crippen LogP contribution is 2.23. The molecule has 6 heteroatoms. The summed E-state index contributed by atoms with van der Waals surface area (Å²) in [5.74, 6) is 0.842. The average molecular weight is 431 g/mol. The van der Waals surface area contributed by atoms with Crippen molar-refractivity contribution in [2.24, 2.45) is 4.99 Å². The van der Waals surface area contributed by atoms with Gasteiger partial charge in [0.2, 0.25) is 0 Å².